The number of para-hydroxylation sites is 1. The highest BCUT2D eigenvalue weighted by Gasteiger charge is 2.33. The van der Waals surface area contributed by atoms with Gasteiger partial charge in [-0.1, -0.05) is 49.2 Å². The molecule has 6 nitrogen and oxygen atoms in total. The Hall–Kier alpha value is -2.33. The predicted octanol–water partition coefficient (Wildman–Crippen LogP) is 3.32. The van der Waals surface area contributed by atoms with Crippen molar-refractivity contribution >= 4 is 17.7 Å². The lowest BCUT2D eigenvalue weighted by atomic mass is 9.83. The summed E-state index contributed by atoms with van der Waals surface area (Å²) in [6.07, 6.45) is 4.58. The molecule has 1 aromatic heterocycles. The highest BCUT2D eigenvalue weighted by atomic mass is 32.2. The van der Waals surface area contributed by atoms with Crippen molar-refractivity contribution in [2.24, 2.45) is 0 Å². The molecule has 0 unspecified atom stereocenters. The number of carbonyl (C=O) groups is 1. The first-order valence-corrected chi connectivity index (χ1v) is 9.86. The molecule has 1 heterocycles. The number of benzene rings is 1. The summed E-state index contributed by atoms with van der Waals surface area (Å²) in [5.41, 5.74) is 1.43. The zero-order chi connectivity index (χ0) is 18.6. The molecule has 0 bridgehead atoms. The highest BCUT2D eigenvalue weighted by Crippen LogP contribution is 2.28. The van der Waals surface area contributed by atoms with Gasteiger partial charge in [0.05, 0.1) is 17.5 Å². The molecule has 1 fully saturated rings. The Morgan fingerprint density at radius 1 is 1.27 bits per heavy atom. The van der Waals surface area contributed by atoms with Gasteiger partial charge in [-0.25, -0.2) is 0 Å². The summed E-state index contributed by atoms with van der Waals surface area (Å²) in [5, 5.41) is 21.5. The number of thioether (sulfide) groups is 1. The van der Waals surface area contributed by atoms with Crippen LogP contribution < -0.4 is 5.32 Å². The zero-order valence-corrected chi connectivity index (χ0v) is 16.0. The van der Waals surface area contributed by atoms with Crippen LogP contribution >= 0.6 is 11.8 Å². The molecule has 1 aliphatic rings. The summed E-state index contributed by atoms with van der Waals surface area (Å²) in [6, 6.07) is 10.3. The second-order valence-corrected chi connectivity index (χ2v) is 7.69. The Bertz CT molecular complexity index is 833. The fourth-order valence-electron chi connectivity index (χ4n) is 3.38. The van der Waals surface area contributed by atoms with Crippen molar-refractivity contribution < 1.29 is 4.79 Å². The maximum absolute atomic E-state index is 12.4. The van der Waals surface area contributed by atoms with Crippen molar-refractivity contribution in [3.05, 3.63) is 35.7 Å². The predicted molar refractivity (Wildman–Crippen MR) is 101 cm³/mol. The van der Waals surface area contributed by atoms with E-state index in [2.05, 4.69) is 21.6 Å². The zero-order valence-electron chi connectivity index (χ0n) is 15.2. The van der Waals surface area contributed by atoms with Crippen LogP contribution in [0.25, 0.3) is 5.69 Å². The van der Waals surface area contributed by atoms with E-state index in [9.17, 15) is 10.1 Å². The van der Waals surface area contributed by atoms with E-state index in [1.54, 1.807) is 0 Å². The molecule has 0 radical (unpaired) electrons. The van der Waals surface area contributed by atoms with Crippen LogP contribution in [-0.4, -0.2) is 32.0 Å². The number of nitrogens with zero attached hydrogens (tertiary/aromatic N) is 4. The third kappa shape index (κ3) is 3.91. The fraction of sp³-hybridized carbons (Fsp3) is 0.474. The molecule has 1 aliphatic carbocycles. The molecule has 7 heteroatoms. The number of nitrogens with one attached hydrogen (secondary N) is 1. The Balaban J connectivity index is 1.70. The van der Waals surface area contributed by atoms with E-state index in [-0.39, 0.29) is 11.7 Å². The van der Waals surface area contributed by atoms with Crippen LogP contribution in [0.5, 0.6) is 0 Å². The smallest absolute Gasteiger partial charge is 0.231 e. The number of nitriles is 1. The fourth-order valence-corrected chi connectivity index (χ4v) is 4.17. The first-order chi connectivity index (χ1) is 12.5. The highest BCUT2D eigenvalue weighted by molar-refractivity contribution is 7.99. The number of hydrogen-bond donors (Lipinski definition) is 1. The van der Waals surface area contributed by atoms with Crippen molar-refractivity contribution in [1.82, 2.24) is 20.1 Å². The third-order valence-corrected chi connectivity index (χ3v) is 5.71. The lowest BCUT2D eigenvalue weighted by Crippen LogP contribution is -2.49. The van der Waals surface area contributed by atoms with Crippen molar-refractivity contribution in [2.75, 3.05) is 5.75 Å². The summed E-state index contributed by atoms with van der Waals surface area (Å²) in [5.74, 6) is 0.867. The molecule has 1 N–H and O–H groups in total. The molecule has 1 amide bonds. The summed E-state index contributed by atoms with van der Waals surface area (Å²) in [7, 11) is 0. The van der Waals surface area contributed by atoms with Gasteiger partial charge in [-0.05, 0) is 38.3 Å². The quantitative estimate of drug-likeness (QED) is 0.818. The first-order valence-electron chi connectivity index (χ1n) is 8.88. The molecule has 0 spiro atoms. The minimum atomic E-state index is -0.699. The number of aromatic nitrogens is 3. The van der Waals surface area contributed by atoms with Crippen LogP contribution in [0.3, 0.4) is 0 Å². The Labute approximate surface area is 158 Å². The number of rotatable bonds is 5. The van der Waals surface area contributed by atoms with Crippen molar-refractivity contribution in [3.8, 4) is 11.8 Å². The molecule has 26 heavy (non-hydrogen) atoms. The average molecular weight is 369 g/mol. The maximum atomic E-state index is 12.4. The maximum Gasteiger partial charge on any atom is 0.231 e. The van der Waals surface area contributed by atoms with Gasteiger partial charge in [-0.15, -0.1) is 10.2 Å². The van der Waals surface area contributed by atoms with Crippen molar-refractivity contribution in [2.45, 2.75) is 56.6 Å². The molecular formula is C19H23N5OS. The number of aryl methyl sites for hydroxylation is 2. The topological polar surface area (TPSA) is 83.6 Å². The summed E-state index contributed by atoms with van der Waals surface area (Å²) < 4.78 is 1.97. The summed E-state index contributed by atoms with van der Waals surface area (Å²) >= 11 is 1.35. The molecule has 0 saturated heterocycles. The van der Waals surface area contributed by atoms with E-state index in [1.807, 2.05) is 42.7 Å². The monoisotopic (exact) mass is 369 g/mol. The normalized spacial score (nSPS) is 16.0. The van der Waals surface area contributed by atoms with Crippen LogP contribution in [0, 0.1) is 25.2 Å². The molecule has 0 atom stereocenters. The van der Waals surface area contributed by atoms with Crippen LogP contribution in [0.4, 0.5) is 0 Å². The molecule has 3 rings (SSSR count). The van der Waals surface area contributed by atoms with E-state index in [0.717, 1.165) is 49.2 Å². The molecule has 136 valence electrons. The third-order valence-electron chi connectivity index (χ3n) is 4.78. The standard InChI is InChI=1S/C19H23N5OS/c1-14-8-4-5-9-16(14)24-15(2)22-23-18(24)26-12-17(25)21-19(13-20)10-6-3-7-11-19/h4-5,8-9H,3,6-7,10-12H2,1-2H3,(H,21,25). The van der Waals surface area contributed by atoms with Gasteiger partial charge in [0.25, 0.3) is 0 Å². The molecule has 1 saturated carbocycles. The largest absolute Gasteiger partial charge is 0.337 e. The van der Waals surface area contributed by atoms with Gasteiger partial charge < -0.3 is 5.32 Å². The van der Waals surface area contributed by atoms with Crippen molar-refractivity contribution in [1.29, 1.82) is 5.26 Å². The molecule has 0 aliphatic heterocycles. The van der Waals surface area contributed by atoms with Crippen LogP contribution in [0.2, 0.25) is 0 Å². The number of carbonyl (C=O) groups excluding carboxylic acids is 1. The van der Waals surface area contributed by atoms with E-state index in [4.69, 9.17) is 0 Å². The van der Waals surface area contributed by atoms with Gasteiger partial charge in [0.15, 0.2) is 5.16 Å². The molecule has 2 aromatic rings. The van der Waals surface area contributed by atoms with Gasteiger partial charge in [0, 0.05) is 0 Å². The Morgan fingerprint density at radius 3 is 2.69 bits per heavy atom. The van der Waals surface area contributed by atoms with Crippen LogP contribution in [-0.2, 0) is 4.79 Å². The van der Waals surface area contributed by atoms with Crippen LogP contribution in [0.15, 0.2) is 29.4 Å². The lowest BCUT2D eigenvalue weighted by Gasteiger charge is -2.31. The van der Waals surface area contributed by atoms with Gasteiger partial charge in [0.1, 0.15) is 11.4 Å². The Morgan fingerprint density at radius 2 is 2.00 bits per heavy atom. The van der Waals surface area contributed by atoms with Crippen molar-refractivity contribution in [3.63, 3.8) is 0 Å². The van der Waals surface area contributed by atoms with Gasteiger partial charge in [-0.2, -0.15) is 5.26 Å². The molecular weight excluding hydrogens is 346 g/mol. The minimum absolute atomic E-state index is 0.129. The average Bonchev–Trinajstić information content (AvgIpc) is 3.02. The van der Waals surface area contributed by atoms with E-state index in [0.29, 0.717) is 5.16 Å². The number of hydrogen-bond acceptors (Lipinski definition) is 5. The summed E-state index contributed by atoms with van der Waals surface area (Å²) in [6.45, 7) is 3.94. The lowest BCUT2D eigenvalue weighted by molar-refractivity contribution is -0.120. The van der Waals surface area contributed by atoms with E-state index in [1.165, 1.54) is 11.8 Å². The van der Waals surface area contributed by atoms with Gasteiger partial charge >= 0.3 is 0 Å². The second-order valence-electron chi connectivity index (χ2n) is 6.74. The first kappa shape index (κ1) is 18.5. The van der Waals surface area contributed by atoms with Gasteiger partial charge in [-0.3, -0.25) is 9.36 Å². The number of amides is 1. The SMILES string of the molecule is Cc1ccccc1-n1c(C)nnc1SCC(=O)NC1(C#N)CCCCC1. The minimum Gasteiger partial charge on any atom is -0.337 e. The van der Waals surface area contributed by atoms with E-state index >= 15 is 0 Å². The summed E-state index contributed by atoms with van der Waals surface area (Å²) in [4.78, 5) is 12.4. The van der Waals surface area contributed by atoms with E-state index < -0.39 is 5.54 Å². The van der Waals surface area contributed by atoms with Crippen LogP contribution in [0.1, 0.15) is 43.5 Å². The molecule has 1 aromatic carbocycles. The second kappa shape index (κ2) is 7.92. The van der Waals surface area contributed by atoms with Gasteiger partial charge in [0.2, 0.25) is 5.91 Å². The Kier molecular flexibility index (Phi) is 5.62.